The van der Waals surface area contributed by atoms with Crippen LogP contribution in [0.3, 0.4) is 0 Å². The van der Waals surface area contributed by atoms with Gasteiger partial charge in [0.05, 0.1) is 12.1 Å². The molecule has 0 saturated carbocycles. The molecule has 1 fully saturated rings. The van der Waals surface area contributed by atoms with E-state index in [1.165, 1.54) is 0 Å². The predicted molar refractivity (Wildman–Crippen MR) is 103 cm³/mol. The third-order valence-corrected chi connectivity index (χ3v) is 4.43. The fourth-order valence-corrected chi connectivity index (χ4v) is 3.05. The van der Waals surface area contributed by atoms with E-state index in [0.29, 0.717) is 24.4 Å². The Labute approximate surface area is 155 Å². The normalized spacial score (nSPS) is 20.0. The van der Waals surface area contributed by atoms with E-state index in [-0.39, 0.29) is 24.1 Å². The smallest absolute Gasteiger partial charge is 0.319 e. The van der Waals surface area contributed by atoms with Crippen LogP contribution in [0.5, 0.6) is 0 Å². The zero-order chi connectivity index (χ0) is 19.1. The minimum absolute atomic E-state index is 0.0111. The zero-order valence-electron chi connectivity index (χ0n) is 16.1. The number of benzene rings is 1. The summed E-state index contributed by atoms with van der Waals surface area (Å²) in [5.41, 5.74) is 2.06. The monoisotopic (exact) mass is 362 g/mol. The number of anilines is 1. The van der Waals surface area contributed by atoms with E-state index in [1.54, 1.807) is 12.1 Å². The fraction of sp³-hybridized carbons (Fsp3) is 0.579. The Hall–Kier alpha value is -2.12. The van der Waals surface area contributed by atoms with Crippen LogP contribution in [-0.2, 0) is 4.74 Å². The number of carbonyl (C=O) groups excluding carboxylic acids is 2. The van der Waals surface area contributed by atoms with Crippen molar-refractivity contribution < 1.29 is 14.3 Å². The summed E-state index contributed by atoms with van der Waals surface area (Å²) in [7, 11) is 2.01. The Balaban J connectivity index is 2.00. The van der Waals surface area contributed by atoms with Crippen LogP contribution in [-0.4, -0.2) is 62.3 Å². The van der Waals surface area contributed by atoms with Gasteiger partial charge in [-0.15, -0.1) is 0 Å². The molecule has 2 rings (SSSR count). The van der Waals surface area contributed by atoms with Crippen molar-refractivity contribution in [3.8, 4) is 0 Å². The standard InChI is InChI=1S/C19H30N4O3/c1-5-9-20-18(24)14-8-7-13(3)15(10-14)21-19(25)22-16-11-23(4)12-17(16)26-6-2/h7-8,10,16-17H,5-6,9,11-12H2,1-4H3,(H,20,24)(H2,21,22,25)/t16-,17-/m0/s1. The first kappa shape index (κ1) is 20.2. The molecule has 0 spiro atoms. The summed E-state index contributed by atoms with van der Waals surface area (Å²) < 4.78 is 5.71. The molecule has 1 saturated heterocycles. The van der Waals surface area contributed by atoms with Crippen LogP contribution in [0.2, 0.25) is 0 Å². The largest absolute Gasteiger partial charge is 0.375 e. The summed E-state index contributed by atoms with van der Waals surface area (Å²) >= 11 is 0. The van der Waals surface area contributed by atoms with Crippen LogP contribution in [0, 0.1) is 6.92 Å². The summed E-state index contributed by atoms with van der Waals surface area (Å²) in [6, 6.07) is 4.96. The molecular weight excluding hydrogens is 332 g/mol. The van der Waals surface area contributed by atoms with Crippen LogP contribution in [0.4, 0.5) is 10.5 Å². The Morgan fingerprint density at radius 1 is 1.27 bits per heavy atom. The highest BCUT2D eigenvalue weighted by atomic mass is 16.5. The number of nitrogens with one attached hydrogen (secondary N) is 3. The Kier molecular flexibility index (Phi) is 7.41. The first-order valence-corrected chi connectivity index (χ1v) is 9.21. The average Bonchev–Trinajstić information content (AvgIpc) is 2.94. The van der Waals surface area contributed by atoms with E-state index in [9.17, 15) is 9.59 Å². The van der Waals surface area contributed by atoms with Gasteiger partial charge in [0.25, 0.3) is 5.91 Å². The van der Waals surface area contributed by atoms with Gasteiger partial charge in [-0.3, -0.25) is 4.79 Å². The summed E-state index contributed by atoms with van der Waals surface area (Å²) in [6.07, 6.45) is 0.866. The summed E-state index contributed by atoms with van der Waals surface area (Å²) in [4.78, 5) is 26.7. The van der Waals surface area contributed by atoms with Gasteiger partial charge < -0.3 is 25.6 Å². The molecule has 144 valence electrons. The van der Waals surface area contributed by atoms with Gasteiger partial charge in [0.15, 0.2) is 0 Å². The number of urea groups is 1. The number of carbonyl (C=O) groups is 2. The molecule has 2 atom stereocenters. The number of amides is 3. The second kappa shape index (κ2) is 9.54. The van der Waals surface area contributed by atoms with Crippen LogP contribution in [0.1, 0.15) is 36.2 Å². The van der Waals surface area contributed by atoms with Crippen molar-refractivity contribution in [1.29, 1.82) is 0 Å². The molecule has 3 N–H and O–H groups in total. The molecule has 0 radical (unpaired) electrons. The van der Waals surface area contributed by atoms with Crippen molar-refractivity contribution in [1.82, 2.24) is 15.5 Å². The molecule has 0 bridgehead atoms. The highest BCUT2D eigenvalue weighted by Crippen LogP contribution is 2.18. The second-order valence-electron chi connectivity index (χ2n) is 6.71. The van der Waals surface area contributed by atoms with Gasteiger partial charge in [0.1, 0.15) is 0 Å². The highest BCUT2D eigenvalue weighted by molar-refractivity contribution is 5.97. The van der Waals surface area contributed by atoms with Crippen LogP contribution >= 0.6 is 0 Å². The molecule has 0 unspecified atom stereocenters. The molecule has 1 aliphatic heterocycles. The van der Waals surface area contributed by atoms with Gasteiger partial charge in [-0.25, -0.2) is 4.79 Å². The van der Waals surface area contributed by atoms with Gasteiger partial charge in [0.2, 0.25) is 0 Å². The maximum Gasteiger partial charge on any atom is 0.319 e. The quantitative estimate of drug-likeness (QED) is 0.693. The van der Waals surface area contributed by atoms with E-state index >= 15 is 0 Å². The van der Waals surface area contributed by atoms with Crippen LogP contribution < -0.4 is 16.0 Å². The Morgan fingerprint density at radius 2 is 2.04 bits per heavy atom. The number of nitrogens with zero attached hydrogens (tertiary/aromatic N) is 1. The molecule has 26 heavy (non-hydrogen) atoms. The molecule has 0 aromatic heterocycles. The third kappa shape index (κ3) is 5.44. The second-order valence-corrected chi connectivity index (χ2v) is 6.71. The van der Waals surface area contributed by atoms with E-state index in [4.69, 9.17) is 4.74 Å². The SMILES string of the molecule is CCCNC(=O)c1ccc(C)c(NC(=O)N[C@H]2CN(C)C[C@@H]2OCC)c1. The topological polar surface area (TPSA) is 82.7 Å². The van der Waals surface area contributed by atoms with Crippen molar-refractivity contribution in [2.45, 2.75) is 39.3 Å². The predicted octanol–water partition coefficient (Wildman–Crippen LogP) is 1.98. The number of hydrogen-bond donors (Lipinski definition) is 3. The van der Waals surface area contributed by atoms with Crippen molar-refractivity contribution in [2.24, 2.45) is 0 Å². The first-order chi connectivity index (χ1) is 12.4. The van der Waals surface area contributed by atoms with Crippen molar-refractivity contribution in [2.75, 3.05) is 38.6 Å². The molecule has 1 heterocycles. The molecule has 0 aliphatic carbocycles. The number of rotatable bonds is 7. The fourth-order valence-electron chi connectivity index (χ4n) is 3.05. The average molecular weight is 362 g/mol. The van der Waals surface area contributed by atoms with Crippen LogP contribution in [0.15, 0.2) is 18.2 Å². The molecule has 3 amide bonds. The van der Waals surface area contributed by atoms with E-state index < -0.39 is 0 Å². The lowest BCUT2D eigenvalue weighted by Crippen LogP contribution is -2.45. The van der Waals surface area contributed by atoms with Gasteiger partial charge in [0, 0.05) is 37.5 Å². The highest BCUT2D eigenvalue weighted by Gasteiger charge is 2.32. The lowest BCUT2D eigenvalue weighted by atomic mass is 10.1. The maximum atomic E-state index is 12.4. The number of ether oxygens (including phenoxy) is 1. The molecule has 1 aromatic rings. The summed E-state index contributed by atoms with van der Waals surface area (Å²) in [6.45, 7) is 8.64. The van der Waals surface area contributed by atoms with E-state index in [1.807, 2.05) is 33.9 Å². The van der Waals surface area contributed by atoms with E-state index in [0.717, 1.165) is 25.1 Å². The maximum absolute atomic E-state index is 12.4. The van der Waals surface area contributed by atoms with Crippen LogP contribution in [0.25, 0.3) is 0 Å². The Bertz CT molecular complexity index is 635. The molecular formula is C19H30N4O3. The van der Waals surface area contributed by atoms with Gasteiger partial charge in [-0.1, -0.05) is 13.0 Å². The Morgan fingerprint density at radius 3 is 2.73 bits per heavy atom. The third-order valence-electron chi connectivity index (χ3n) is 4.43. The van der Waals surface area contributed by atoms with Gasteiger partial charge >= 0.3 is 6.03 Å². The van der Waals surface area contributed by atoms with E-state index in [2.05, 4.69) is 20.9 Å². The number of likely N-dealkylation sites (tertiary alicyclic amines) is 1. The number of aryl methyl sites for hydroxylation is 1. The minimum Gasteiger partial charge on any atom is -0.375 e. The first-order valence-electron chi connectivity index (χ1n) is 9.21. The lowest BCUT2D eigenvalue weighted by Gasteiger charge is -2.20. The molecule has 1 aliphatic rings. The van der Waals surface area contributed by atoms with Gasteiger partial charge in [-0.05, 0) is 45.0 Å². The molecule has 7 heteroatoms. The zero-order valence-corrected chi connectivity index (χ0v) is 16.1. The van der Waals surface area contributed by atoms with Crippen molar-refractivity contribution in [3.63, 3.8) is 0 Å². The van der Waals surface area contributed by atoms with Crippen molar-refractivity contribution in [3.05, 3.63) is 29.3 Å². The summed E-state index contributed by atoms with van der Waals surface area (Å²) in [5, 5.41) is 8.69. The molecule has 7 nitrogen and oxygen atoms in total. The molecule has 1 aromatic carbocycles. The lowest BCUT2D eigenvalue weighted by molar-refractivity contribution is 0.0568. The number of hydrogen-bond acceptors (Lipinski definition) is 4. The van der Waals surface area contributed by atoms with Gasteiger partial charge in [-0.2, -0.15) is 0 Å². The summed E-state index contributed by atoms with van der Waals surface area (Å²) in [5.74, 6) is -0.135. The van der Waals surface area contributed by atoms with Crippen molar-refractivity contribution >= 4 is 17.6 Å². The number of likely N-dealkylation sites (N-methyl/N-ethyl adjacent to an activating group) is 1. The minimum atomic E-state index is -0.288.